The van der Waals surface area contributed by atoms with Gasteiger partial charge in [-0.15, -0.1) is 0 Å². The highest BCUT2D eigenvalue weighted by Gasteiger charge is 2.19. The van der Waals surface area contributed by atoms with Crippen molar-refractivity contribution in [3.05, 3.63) is 47.0 Å². The summed E-state index contributed by atoms with van der Waals surface area (Å²) in [6.07, 6.45) is 3.07. The fourth-order valence-corrected chi connectivity index (χ4v) is 2.00. The third-order valence-corrected chi connectivity index (χ3v) is 2.91. The van der Waals surface area contributed by atoms with Crippen molar-refractivity contribution in [2.45, 2.75) is 0 Å². The summed E-state index contributed by atoms with van der Waals surface area (Å²) < 4.78 is 11.0. The van der Waals surface area contributed by atoms with E-state index in [4.69, 9.17) is 21.1 Å². The van der Waals surface area contributed by atoms with E-state index in [1.165, 1.54) is 12.5 Å². The molecular formula is C13H7N3O2S. The molecule has 3 aromatic rings. The third-order valence-electron chi connectivity index (χ3n) is 2.62. The molecule has 6 heteroatoms. The number of furan rings is 2. The lowest BCUT2D eigenvalue weighted by Crippen LogP contribution is -1.96. The number of nitrogens with one attached hydrogen (secondary N) is 1. The van der Waals surface area contributed by atoms with Crippen molar-refractivity contribution in [3.8, 4) is 28.8 Å². The molecule has 19 heavy (non-hydrogen) atoms. The third kappa shape index (κ3) is 1.86. The Morgan fingerprint density at radius 2 is 1.84 bits per heavy atom. The molecule has 0 radical (unpaired) electrons. The molecule has 3 heterocycles. The lowest BCUT2D eigenvalue weighted by Gasteiger charge is -2.05. The van der Waals surface area contributed by atoms with Crippen LogP contribution in [0, 0.1) is 16.0 Å². The number of rotatable bonds is 2. The molecule has 0 bridgehead atoms. The summed E-state index contributed by atoms with van der Waals surface area (Å²) >= 11 is 5.09. The van der Waals surface area contributed by atoms with E-state index in [9.17, 15) is 5.26 Å². The second-order valence-electron chi connectivity index (χ2n) is 3.72. The van der Waals surface area contributed by atoms with Crippen molar-refractivity contribution < 1.29 is 8.83 Å². The number of aromatic amines is 1. The van der Waals surface area contributed by atoms with Crippen LogP contribution in [-0.4, -0.2) is 10.2 Å². The lowest BCUT2D eigenvalue weighted by atomic mass is 10.1. The maximum atomic E-state index is 9.28. The summed E-state index contributed by atoms with van der Waals surface area (Å²) in [7, 11) is 0. The van der Waals surface area contributed by atoms with Crippen LogP contribution in [0.5, 0.6) is 0 Å². The molecule has 92 valence electrons. The Hall–Kier alpha value is -2.65. The average molecular weight is 269 g/mol. The zero-order valence-corrected chi connectivity index (χ0v) is 10.4. The normalized spacial score (nSPS) is 10.3. The highest BCUT2D eigenvalue weighted by Crippen LogP contribution is 2.33. The predicted molar refractivity (Wildman–Crippen MR) is 69.5 cm³/mol. The first-order valence-electron chi connectivity index (χ1n) is 5.42. The minimum Gasteiger partial charge on any atom is -0.464 e. The molecule has 3 rings (SSSR count). The number of H-pyrrole nitrogens is 1. The summed E-state index contributed by atoms with van der Waals surface area (Å²) in [4.78, 5) is 0. The Morgan fingerprint density at radius 1 is 1.16 bits per heavy atom. The quantitative estimate of drug-likeness (QED) is 0.720. The van der Waals surface area contributed by atoms with E-state index in [-0.39, 0.29) is 4.64 Å². The number of hydrogen-bond acceptors (Lipinski definition) is 5. The summed E-state index contributed by atoms with van der Waals surface area (Å²) in [5, 5.41) is 16.1. The zero-order chi connectivity index (χ0) is 13.2. The van der Waals surface area contributed by atoms with Crippen LogP contribution in [0.25, 0.3) is 22.8 Å². The van der Waals surface area contributed by atoms with Crippen molar-refractivity contribution >= 4 is 12.2 Å². The van der Waals surface area contributed by atoms with Gasteiger partial charge in [-0.2, -0.15) is 10.4 Å². The van der Waals surface area contributed by atoms with Gasteiger partial charge in [-0.25, -0.2) is 0 Å². The minimum absolute atomic E-state index is 0.268. The minimum atomic E-state index is 0.268. The Labute approximate surface area is 113 Å². The highest BCUT2D eigenvalue weighted by molar-refractivity contribution is 7.71. The second kappa shape index (κ2) is 4.55. The Balaban J connectivity index is 2.39. The molecule has 0 amide bonds. The number of nitrogens with zero attached hydrogens (tertiary/aromatic N) is 2. The van der Waals surface area contributed by atoms with Crippen molar-refractivity contribution in [2.75, 3.05) is 0 Å². The van der Waals surface area contributed by atoms with E-state index in [2.05, 4.69) is 16.3 Å². The number of nitriles is 1. The van der Waals surface area contributed by atoms with Crippen LogP contribution in [0.2, 0.25) is 0 Å². The fraction of sp³-hybridized carbons (Fsp3) is 0. The molecule has 0 atom stereocenters. The van der Waals surface area contributed by atoms with Gasteiger partial charge >= 0.3 is 0 Å². The second-order valence-corrected chi connectivity index (χ2v) is 4.13. The molecule has 1 N–H and O–H groups in total. The first-order valence-corrected chi connectivity index (χ1v) is 5.82. The molecule has 0 aliphatic rings. The summed E-state index contributed by atoms with van der Waals surface area (Å²) in [6.45, 7) is 0. The molecule has 0 aliphatic heterocycles. The van der Waals surface area contributed by atoms with Gasteiger partial charge in [-0.05, 0) is 24.3 Å². The maximum Gasteiger partial charge on any atom is 0.154 e. The topological polar surface area (TPSA) is 78.8 Å². The van der Waals surface area contributed by atoms with Gasteiger partial charge in [0.25, 0.3) is 0 Å². The van der Waals surface area contributed by atoms with E-state index in [0.29, 0.717) is 28.3 Å². The smallest absolute Gasteiger partial charge is 0.154 e. The number of hydrogen-bond donors (Lipinski definition) is 1. The molecule has 3 aromatic heterocycles. The van der Waals surface area contributed by atoms with Gasteiger partial charge in [-0.3, -0.25) is 5.10 Å². The Morgan fingerprint density at radius 3 is 2.42 bits per heavy atom. The molecule has 0 saturated heterocycles. The summed E-state index contributed by atoms with van der Waals surface area (Å²) in [5.74, 6) is 1.06. The molecule has 0 aliphatic carbocycles. The van der Waals surface area contributed by atoms with Crippen molar-refractivity contribution in [1.82, 2.24) is 10.2 Å². The fourth-order valence-electron chi connectivity index (χ4n) is 1.81. The molecule has 5 nitrogen and oxygen atoms in total. The molecule has 0 aromatic carbocycles. The largest absolute Gasteiger partial charge is 0.464 e. The van der Waals surface area contributed by atoms with Crippen LogP contribution in [0.4, 0.5) is 0 Å². The van der Waals surface area contributed by atoms with Crippen molar-refractivity contribution in [3.63, 3.8) is 0 Å². The maximum absolute atomic E-state index is 9.28. The van der Waals surface area contributed by atoms with Gasteiger partial charge in [0.2, 0.25) is 0 Å². The Kier molecular flexibility index (Phi) is 2.74. The van der Waals surface area contributed by atoms with Gasteiger partial charge < -0.3 is 8.83 Å². The molecular weight excluding hydrogens is 262 g/mol. The number of aromatic nitrogens is 2. The van der Waals surface area contributed by atoms with Crippen LogP contribution in [-0.2, 0) is 0 Å². The van der Waals surface area contributed by atoms with Crippen LogP contribution >= 0.6 is 12.2 Å². The van der Waals surface area contributed by atoms with Gasteiger partial charge in [0.15, 0.2) is 5.76 Å². The zero-order valence-electron chi connectivity index (χ0n) is 9.58. The van der Waals surface area contributed by atoms with Gasteiger partial charge in [0, 0.05) is 0 Å². The van der Waals surface area contributed by atoms with Gasteiger partial charge in [0.05, 0.1) is 18.1 Å². The molecule has 0 fully saturated rings. The van der Waals surface area contributed by atoms with E-state index in [1.54, 1.807) is 24.3 Å². The molecule has 0 saturated carbocycles. The average Bonchev–Trinajstić information content (AvgIpc) is 3.11. The van der Waals surface area contributed by atoms with Crippen molar-refractivity contribution in [1.29, 1.82) is 5.26 Å². The summed E-state index contributed by atoms with van der Waals surface area (Å²) in [6, 6.07) is 9.07. The van der Waals surface area contributed by atoms with E-state index < -0.39 is 0 Å². The van der Waals surface area contributed by atoms with E-state index in [0.717, 1.165) is 0 Å². The first-order chi connectivity index (χ1) is 9.31. The van der Waals surface area contributed by atoms with Crippen molar-refractivity contribution in [2.24, 2.45) is 0 Å². The van der Waals surface area contributed by atoms with E-state index >= 15 is 0 Å². The monoisotopic (exact) mass is 269 g/mol. The van der Waals surface area contributed by atoms with Crippen LogP contribution in [0.1, 0.15) is 5.56 Å². The SMILES string of the molecule is N#Cc1c(-c2ccco2)c(-c2ccco2)n[nH]c1=S. The Bertz CT molecular complexity index is 796. The lowest BCUT2D eigenvalue weighted by molar-refractivity contribution is 0.572. The van der Waals surface area contributed by atoms with Gasteiger partial charge in [-0.1, -0.05) is 12.2 Å². The first kappa shape index (κ1) is 11.4. The van der Waals surface area contributed by atoms with Crippen LogP contribution in [0.3, 0.4) is 0 Å². The molecule has 0 unspecified atom stereocenters. The highest BCUT2D eigenvalue weighted by atomic mass is 32.1. The van der Waals surface area contributed by atoms with Crippen LogP contribution in [0.15, 0.2) is 45.6 Å². The van der Waals surface area contributed by atoms with Gasteiger partial charge in [0.1, 0.15) is 27.7 Å². The summed E-state index contributed by atoms with van der Waals surface area (Å²) in [5.41, 5.74) is 1.34. The molecule has 0 spiro atoms. The predicted octanol–water partition coefficient (Wildman–Crippen LogP) is 3.53. The van der Waals surface area contributed by atoms with E-state index in [1.807, 2.05) is 0 Å². The van der Waals surface area contributed by atoms with Crippen LogP contribution < -0.4 is 0 Å². The standard InChI is InChI=1S/C13H7N3O2S/c14-7-8-11(9-3-1-5-17-9)12(15-16-13(8)19)10-4-2-6-18-10/h1-6H,(H,16,19).